The van der Waals surface area contributed by atoms with Crippen molar-refractivity contribution in [2.75, 3.05) is 13.2 Å². The lowest BCUT2D eigenvalue weighted by molar-refractivity contribution is 0.264. The molecular weight excluding hydrogens is 230 g/mol. The third-order valence-electron chi connectivity index (χ3n) is 1.56. The van der Waals surface area contributed by atoms with Crippen LogP contribution in [-0.4, -0.2) is 28.2 Å². The van der Waals surface area contributed by atoms with Crippen LogP contribution >= 0.6 is 11.6 Å². The fraction of sp³-hybridized carbons (Fsp3) is 0.500. The summed E-state index contributed by atoms with van der Waals surface area (Å²) in [6.45, 7) is 6.56. The van der Waals surface area contributed by atoms with Crippen LogP contribution in [0.25, 0.3) is 0 Å². The Morgan fingerprint density at radius 3 is 2.38 bits per heavy atom. The molecule has 0 atom stereocenters. The van der Waals surface area contributed by atoms with Crippen LogP contribution in [-0.2, 0) is 0 Å². The van der Waals surface area contributed by atoms with Crippen molar-refractivity contribution in [3.8, 4) is 12.0 Å². The minimum absolute atomic E-state index is 0.0645. The second-order valence-electron chi connectivity index (χ2n) is 2.94. The van der Waals surface area contributed by atoms with E-state index < -0.39 is 0 Å². The number of halogens is 1. The van der Waals surface area contributed by atoms with Gasteiger partial charge in [-0.15, -0.1) is 11.6 Å². The van der Waals surface area contributed by atoms with Gasteiger partial charge in [0.1, 0.15) is 0 Å². The van der Waals surface area contributed by atoms with Crippen molar-refractivity contribution in [3.05, 3.63) is 17.9 Å². The van der Waals surface area contributed by atoms with Crippen LogP contribution < -0.4 is 9.47 Å². The van der Waals surface area contributed by atoms with E-state index in [1.807, 2.05) is 6.92 Å². The molecule has 0 unspecified atom stereocenters. The molecule has 5 nitrogen and oxygen atoms in total. The molecule has 0 aliphatic rings. The van der Waals surface area contributed by atoms with Crippen LogP contribution in [0.1, 0.15) is 19.8 Å². The van der Waals surface area contributed by atoms with Crippen molar-refractivity contribution in [2.45, 2.75) is 19.8 Å². The number of ether oxygens (including phenoxy) is 2. The monoisotopic (exact) mass is 243 g/mol. The first-order valence-electron chi connectivity index (χ1n) is 5.04. The molecule has 0 N–H and O–H groups in total. The molecule has 1 rings (SSSR count). The molecule has 1 aromatic heterocycles. The van der Waals surface area contributed by atoms with E-state index in [2.05, 4.69) is 21.5 Å². The van der Waals surface area contributed by atoms with Gasteiger partial charge in [0.25, 0.3) is 0 Å². The van der Waals surface area contributed by atoms with Crippen molar-refractivity contribution in [2.24, 2.45) is 0 Å². The summed E-state index contributed by atoms with van der Waals surface area (Å²) in [6, 6.07) is 0.364. The maximum absolute atomic E-state index is 5.70. The molecular formula is C10H14ClN3O2. The summed E-state index contributed by atoms with van der Waals surface area (Å²) in [4.78, 5) is 11.6. The Morgan fingerprint density at radius 1 is 1.19 bits per heavy atom. The highest BCUT2D eigenvalue weighted by Crippen LogP contribution is 2.13. The predicted molar refractivity (Wildman–Crippen MR) is 60.9 cm³/mol. The number of aromatic nitrogens is 3. The highest BCUT2D eigenvalue weighted by molar-refractivity contribution is 6.28. The summed E-state index contributed by atoms with van der Waals surface area (Å²) < 4.78 is 10.5. The quantitative estimate of drug-likeness (QED) is 0.543. The second kappa shape index (κ2) is 7.00. The van der Waals surface area contributed by atoms with Crippen molar-refractivity contribution in [1.29, 1.82) is 0 Å². The van der Waals surface area contributed by atoms with Gasteiger partial charge in [-0.2, -0.15) is 9.97 Å². The van der Waals surface area contributed by atoms with Crippen molar-refractivity contribution in [3.63, 3.8) is 0 Å². The molecule has 0 spiro atoms. The molecule has 0 amide bonds. The van der Waals surface area contributed by atoms with E-state index in [1.54, 1.807) is 6.08 Å². The van der Waals surface area contributed by atoms with E-state index in [1.165, 1.54) is 0 Å². The summed E-state index contributed by atoms with van der Waals surface area (Å²) >= 11 is 5.70. The molecule has 88 valence electrons. The lowest BCUT2D eigenvalue weighted by atomic mass is 10.5. The van der Waals surface area contributed by atoms with Gasteiger partial charge in [0.05, 0.1) is 13.2 Å². The Kier molecular flexibility index (Phi) is 5.56. The predicted octanol–water partition coefficient (Wildman–Crippen LogP) is 2.27. The first kappa shape index (κ1) is 12.7. The molecule has 0 aliphatic carbocycles. The van der Waals surface area contributed by atoms with Crippen LogP contribution in [0.5, 0.6) is 12.0 Å². The van der Waals surface area contributed by atoms with Crippen molar-refractivity contribution >= 4 is 11.6 Å². The highest BCUT2D eigenvalue weighted by atomic mass is 35.5. The lowest BCUT2D eigenvalue weighted by Crippen LogP contribution is -2.05. The largest absolute Gasteiger partial charge is 0.463 e. The average Bonchev–Trinajstić information content (AvgIpc) is 2.26. The summed E-state index contributed by atoms with van der Waals surface area (Å²) in [7, 11) is 0. The summed E-state index contributed by atoms with van der Waals surface area (Å²) in [5, 5.41) is 0.0645. The SMILES string of the molecule is C=CCCOc1nc(Cl)nc(OCCC)n1. The van der Waals surface area contributed by atoms with Crippen LogP contribution in [0.2, 0.25) is 5.28 Å². The van der Waals surface area contributed by atoms with Gasteiger partial charge in [0.15, 0.2) is 0 Å². The molecule has 0 radical (unpaired) electrons. The van der Waals surface area contributed by atoms with Crippen LogP contribution in [0.3, 0.4) is 0 Å². The van der Waals surface area contributed by atoms with E-state index in [0.717, 1.165) is 6.42 Å². The summed E-state index contributed by atoms with van der Waals surface area (Å²) in [6.07, 6.45) is 3.34. The Labute approximate surface area is 99.5 Å². The Balaban J connectivity index is 2.61. The topological polar surface area (TPSA) is 57.1 Å². The smallest absolute Gasteiger partial charge is 0.323 e. The summed E-state index contributed by atoms with van der Waals surface area (Å²) in [5.41, 5.74) is 0. The van der Waals surface area contributed by atoms with E-state index in [4.69, 9.17) is 21.1 Å². The molecule has 1 aromatic rings. The standard InChI is InChI=1S/C10H14ClN3O2/c1-3-5-7-16-10-13-8(11)12-9(14-10)15-6-4-2/h3H,1,4-7H2,2H3. The molecule has 6 heteroatoms. The molecule has 0 saturated heterocycles. The normalized spacial score (nSPS) is 9.88. The van der Waals surface area contributed by atoms with Gasteiger partial charge in [-0.1, -0.05) is 13.0 Å². The van der Waals surface area contributed by atoms with Gasteiger partial charge in [0, 0.05) is 0 Å². The van der Waals surface area contributed by atoms with Gasteiger partial charge in [-0.25, -0.2) is 0 Å². The maximum atomic E-state index is 5.70. The molecule has 0 aromatic carbocycles. The fourth-order valence-corrected chi connectivity index (χ4v) is 1.02. The number of hydrogen-bond acceptors (Lipinski definition) is 5. The first-order valence-corrected chi connectivity index (χ1v) is 5.42. The minimum atomic E-state index is 0.0645. The lowest BCUT2D eigenvalue weighted by Gasteiger charge is -2.05. The van der Waals surface area contributed by atoms with E-state index in [-0.39, 0.29) is 17.3 Å². The number of nitrogens with zero attached hydrogens (tertiary/aromatic N) is 3. The molecule has 0 fully saturated rings. The number of rotatable bonds is 7. The van der Waals surface area contributed by atoms with Gasteiger partial charge >= 0.3 is 12.0 Å². The van der Waals surface area contributed by atoms with E-state index in [0.29, 0.717) is 19.6 Å². The zero-order valence-electron chi connectivity index (χ0n) is 9.15. The van der Waals surface area contributed by atoms with Gasteiger partial charge in [-0.3, -0.25) is 0 Å². The minimum Gasteiger partial charge on any atom is -0.463 e. The van der Waals surface area contributed by atoms with Crippen molar-refractivity contribution < 1.29 is 9.47 Å². The molecule has 0 bridgehead atoms. The maximum Gasteiger partial charge on any atom is 0.323 e. The Bertz CT molecular complexity index is 347. The Hall–Kier alpha value is -1.36. The van der Waals surface area contributed by atoms with Gasteiger partial charge < -0.3 is 9.47 Å². The zero-order valence-corrected chi connectivity index (χ0v) is 9.90. The van der Waals surface area contributed by atoms with Crippen LogP contribution in [0, 0.1) is 0 Å². The molecule has 0 saturated carbocycles. The third kappa shape index (κ3) is 4.44. The van der Waals surface area contributed by atoms with Crippen LogP contribution in [0.15, 0.2) is 12.7 Å². The van der Waals surface area contributed by atoms with Gasteiger partial charge in [-0.05, 0) is 24.4 Å². The first-order chi connectivity index (χ1) is 7.76. The van der Waals surface area contributed by atoms with Crippen molar-refractivity contribution in [1.82, 2.24) is 15.0 Å². The average molecular weight is 244 g/mol. The number of hydrogen-bond donors (Lipinski definition) is 0. The molecule has 16 heavy (non-hydrogen) atoms. The zero-order chi connectivity index (χ0) is 11.8. The van der Waals surface area contributed by atoms with E-state index >= 15 is 0 Å². The second-order valence-corrected chi connectivity index (χ2v) is 3.28. The van der Waals surface area contributed by atoms with Gasteiger partial charge in [0.2, 0.25) is 5.28 Å². The van der Waals surface area contributed by atoms with E-state index in [9.17, 15) is 0 Å². The Morgan fingerprint density at radius 2 is 1.81 bits per heavy atom. The third-order valence-corrected chi connectivity index (χ3v) is 1.72. The highest BCUT2D eigenvalue weighted by Gasteiger charge is 2.06. The fourth-order valence-electron chi connectivity index (χ4n) is 0.871. The molecule has 1 heterocycles. The summed E-state index contributed by atoms with van der Waals surface area (Å²) in [5.74, 6) is 0. The van der Waals surface area contributed by atoms with Crippen LogP contribution in [0.4, 0.5) is 0 Å². The molecule has 0 aliphatic heterocycles.